The molecule has 0 radical (unpaired) electrons. The van der Waals surface area contributed by atoms with Gasteiger partial charge in [-0.3, -0.25) is 4.99 Å². The molecule has 0 aromatic heterocycles. The van der Waals surface area contributed by atoms with Gasteiger partial charge < -0.3 is 14.8 Å². The van der Waals surface area contributed by atoms with Crippen molar-refractivity contribution in [3.05, 3.63) is 23.8 Å². The molecular formula is C12H16N2O2. The first-order valence-electron chi connectivity index (χ1n) is 5.28. The average Bonchev–Trinajstić information content (AvgIpc) is 2.75. The first kappa shape index (κ1) is 10.8. The molecule has 0 saturated heterocycles. The van der Waals surface area contributed by atoms with Crippen LogP contribution in [0.15, 0.2) is 23.2 Å². The van der Waals surface area contributed by atoms with Gasteiger partial charge in [0.2, 0.25) is 0 Å². The lowest BCUT2D eigenvalue weighted by Crippen LogP contribution is -2.27. The highest BCUT2D eigenvalue weighted by Gasteiger charge is 2.15. The minimum Gasteiger partial charge on any atom is -0.493 e. The maximum absolute atomic E-state index is 5.26. The van der Waals surface area contributed by atoms with Crippen molar-refractivity contribution in [2.45, 2.75) is 13.0 Å². The summed E-state index contributed by atoms with van der Waals surface area (Å²) in [7, 11) is 3.26. The van der Waals surface area contributed by atoms with Gasteiger partial charge in [0.1, 0.15) is 5.84 Å². The van der Waals surface area contributed by atoms with Gasteiger partial charge in [-0.05, 0) is 25.1 Å². The molecule has 86 valence electrons. The van der Waals surface area contributed by atoms with E-state index >= 15 is 0 Å². The Hall–Kier alpha value is -1.71. The van der Waals surface area contributed by atoms with Crippen molar-refractivity contribution in [3.8, 4) is 11.5 Å². The third kappa shape index (κ3) is 1.96. The van der Waals surface area contributed by atoms with Crippen molar-refractivity contribution in [1.29, 1.82) is 0 Å². The van der Waals surface area contributed by atoms with Crippen LogP contribution in [-0.2, 0) is 0 Å². The zero-order valence-electron chi connectivity index (χ0n) is 9.78. The molecule has 1 atom stereocenters. The highest BCUT2D eigenvalue weighted by molar-refractivity contribution is 6.00. The van der Waals surface area contributed by atoms with Gasteiger partial charge in [0.15, 0.2) is 11.5 Å². The van der Waals surface area contributed by atoms with Gasteiger partial charge in [-0.15, -0.1) is 0 Å². The molecular weight excluding hydrogens is 204 g/mol. The minimum absolute atomic E-state index is 0.406. The summed E-state index contributed by atoms with van der Waals surface area (Å²) in [5.41, 5.74) is 1.03. The van der Waals surface area contributed by atoms with Crippen LogP contribution < -0.4 is 14.8 Å². The molecule has 2 rings (SSSR count). The van der Waals surface area contributed by atoms with E-state index in [1.807, 2.05) is 18.2 Å². The highest BCUT2D eigenvalue weighted by Crippen LogP contribution is 2.27. The second kappa shape index (κ2) is 4.43. The van der Waals surface area contributed by atoms with Gasteiger partial charge in [0.25, 0.3) is 0 Å². The predicted molar refractivity (Wildman–Crippen MR) is 63.5 cm³/mol. The standard InChI is InChI=1S/C12H16N2O2/c1-8-7-13-12(14-8)9-4-5-10(15-2)11(6-9)16-3/h4-6,8H,7H2,1-3H3,(H,13,14). The number of ether oxygens (including phenoxy) is 2. The number of nitrogens with one attached hydrogen (secondary N) is 1. The van der Waals surface area contributed by atoms with Crippen molar-refractivity contribution >= 4 is 5.84 Å². The molecule has 16 heavy (non-hydrogen) atoms. The average molecular weight is 220 g/mol. The van der Waals surface area contributed by atoms with E-state index in [0.29, 0.717) is 6.04 Å². The zero-order valence-corrected chi connectivity index (χ0v) is 9.78. The molecule has 1 heterocycles. The Morgan fingerprint density at radius 3 is 2.56 bits per heavy atom. The largest absolute Gasteiger partial charge is 0.493 e. The molecule has 4 nitrogen and oxygen atoms in total. The van der Waals surface area contributed by atoms with Gasteiger partial charge in [-0.25, -0.2) is 0 Å². The van der Waals surface area contributed by atoms with Gasteiger partial charge in [-0.2, -0.15) is 0 Å². The third-order valence-electron chi connectivity index (χ3n) is 2.56. The zero-order chi connectivity index (χ0) is 11.5. The Kier molecular flexibility index (Phi) is 2.99. The summed E-state index contributed by atoms with van der Waals surface area (Å²) in [4.78, 5) is 4.43. The van der Waals surface area contributed by atoms with Crippen LogP contribution in [0.4, 0.5) is 0 Å². The van der Waals surface area contributed by atoms with E-state index < -0.39 is 0 Å². The predicted octanol–water partition coefficient (Wildman–Crippen LogP) is 1.44. The van der Waals surface area contributed by atoms with E-state index in [1.54, 1.807) is 14.2 Å². The van der Waals surface area contributed by atoms with E-state index in [4.69, 9.17) is 9.47 Å². The van der Waals surface area contributed by atoms with Gasteiger partial charge in [-0.1, -0.05) is 0 Å². The van der Waals surface area contributed by atoms with Crippen LogP contribution in [0.5, 0.6) is 11.5 Å². The maximum Gasteiger partial charge on any atom is 0.161 e. The first-order valence-corrected chi connectivity index (χ1v) is 5.28. The number of hydrogen-bond acceptors (Lipinski definition) is 4. The fraction of sp³-hybridized carbons (Fsp3) is 0.417. The van der Waals surface area contributed by atoms with E-state index in [2.05, 4.69) is 17.2 Å². The topological polar surface area (TPSA) is 42.8 Å². The number of hydrogen-bond donors (Lipinski definition) is 1. The number of methoxy groups -OCH3 is 2. The highest BCUT2D eigenvalue weighted by atomic mass is 16.5. The van der Waals surface area contributed by atoms with E-state index in [-0.39, 0.29) is 0 Å². The Bertz CT molecular complexity index is 415. The molecule has 0 bridgehead atoms. The lowest BCUT2D eigenvalue weighted by Gasteiger charge is -2.10. The molecule has 4 heteroatoms. The molecule has 1 aromatic rings. The van der Waals surface area contributed by atoms with Crippen LogP contribution in [0.3, 0.4) is 0 Å². The number of aliphatic imine (C=N–C) groups is 1. The Morgan fingerprint density at radius 1 is 1.25 bits per heavy atom. The smallest absolute Gasteiger partial charge is 0.161 e. The molecule has 1 aliphatic rings. The molecule has 1 aromatic carbocycles. The monoisotopic (exact) mass is 220 g/mol. The van der Waals surface area contributed by atoms with Crippen molar-refractivity contribution < 1.29 is 9.47 Å². The van der Waals surface area contributed by atoms with Crippen molar-refractivity contribution in [2.24, 2.45) is 4.99 Å². The van der Waals surface area contributed by atoms with Crippen LogP contribution in [0, 0.1) is 0 Å². The van der Waals surface area contributed by atoms with Crippen molar-refractivity contribution in [3.63, 3.8) is 0 Å². The minimum atomic E-state index is 0.406. The van der Waals surface area contributed by atoms with Gasteiger partial charge >= 0.3 is 0 Å². The third-order valence-corrected chi connectivity index (χ3v) is 2.56. The van der Waals surface area contributed by atoms with Crippen LogP contribution >= 0.6 is 0 Å². The SMILES string of the molecule is COc1ccc(C2=NCC(C)N2)cc1OC. The summed E-state index contributed by atoms with van der Waals surface area (Å²) in [5, 5.41) is 3.31. The van der Waals surface area contributed by atoms with Crippen LogP contribution in [0.2, 0.25) is 0 Å². The fourth-order valence-corrected chi connectivity index (χ4v) is 1.71. The van der Waals surface area contributed by atoms with Gasteiger partial charge in [0, 0.05) is 11.6 Å². The molecule has 1 aliphatic heterocycles. The number of amidine groups is 1. The number of nitrogens with zero attached hydrogens (tertiary/aromatic N) is 1. The normalized spacial score (nSPS) is 18.9. The summed E-state index contributed by atoms with van der Waals surface area (Å²) >= 11 is 0. The summed E-state index contributed by atoms with van der Waals surface area (Å²) in [5.74, 6) is 2.38. The van der Waals surface area contributed by atoms with E-state index in [0.717, 1.165) is 29.4 Å². The van der Waals surface area contributed by atoms with Crippen LogP contribution in [-0.4, -0.2) is 32.6 Å². The fourth-order valence-electron chi connectivity index (χ4n) is 1.71. The number of rotatable bonds is 3. The molecule has 0 saturated carbocycles. The molecule has 0 aliphatic carbocycles. The summed E-state index contributed by atoms with van der Waals surface area (Å²) < 4.78 is 10.4. The second-order valence-corrected chi connectivity index (χ2v) is 3.80. The Morgan fingerprint density at radius 2 is 2.00 bits per heavy atom. The molecule has 0 amide bonds. The summed E-state index contributed by atoms with van der Waals surface area (Å²) in [6.07, 6.45) is 0. The van der Waals surface area contributed by atoms with Crippen LogP contribution in [0.25, 0.3) is 0 Å². The lowest BCUT2D eigenvalue weighted by atomic mass is 10.2. The Balaban J connectivity index is 2.29. The maximum atomic E-state index is 5.26. The quantitative estimate of drug-likeness (QED) is 0.838. The van der Waals surface area contributed by atoms with Crippen molar-refractivity contribution in [1.82, 2.24) is 5.32 Å². The molecule has 1 N–H and O–H groups in total. The van der Waals surface area contributed by atoms with Crippen molar-refractivity contribution in [2.75, 3.05) is 20.8 Å². The lowest BCUT2D eigenvalue weighted by molar-refractivity contribution is 0.355. The summed E-state index contributed by atoms with van der Waals surface area (Å²) in [6.45, 7) is 2.93. The molecule has 0 fully saturated rings. The first-order chi connectivity index (χ1) is 7.74. The van der Waals surface area contributed by atoms with Gasteiger partial charge in [0.05, 0.1) is 20.8 Å². The Labute approximate surface area is 95.3 Å². The molecule has 0 spiro atoms. The van der Waals surface area contributed by atoms with E-state index in [1.165, 1.54) is 0 Å². The van der Waals surface area contributed by atoms with Crippen LogP contribution in [0.1, 0.15) is 12.5 Å². The molecule has 1 unspecified atom stereocenters. The summed E-state index contributed by atoms with van der Waals surface area (Å²) in [6, 6.07) is 6.21. The van der Waals surface area contributed by atoms with E-state index in [9.17, 15) is 0 Å². The second-order valence-electron chi connectivity index (χ2n) is 3.80. The number of benzene rings is 1.